The van der Waals surface area contributed by atoms with E-state index in [-0.39, 0.29) is 6.54 Å². The monoisotopic (exact) mass is 254 g/mol. The van der Waals surface area contributed by atoms with E-state index in [0.29, 0.717) is 16.4 Å². The molecule has 0 unspecified atom stereocenters. The second-order valence-electron chi connectivity index (χ2n) is 3.42. The molecule has 0 aliphatic carbocycles. The van der Waals surface area contributed by atoms with Gasteiger partial charge < -0.3 is 5.32 Å². The van der Waals surface area contributed by atoms with Crippen LogP contribution in [-0.2, 0) is 6.54 Å². The summed E-state index contributed by atoms with van der Waals surface area (Å²) < 4.78 is 26.0. The summed E-state index contributed by atoms with van der Waals surface area (Å²) in [5.41, 5.74) is 0.355. The molecule has 0 fully saturated rings. The maximum atomic E-state index is 13.3. The minimum absolute atomic E-state index is 0.197. The number of rotatable bonds is 3. The summed E-state index contributed by atoms with van der Waals surface area (Å²) >= 11 is 5.88. The molecule has 1 heterocycles. The van der Waals surface area contributed by atoms with Crippen LogP contribution in [-0.4, -0.2) is 4.98 Å². The summed E-state index contributed by atoms with van der Waals surface area (Å²) in [5, 5.41) is 3.34. The van der Waals surface area contributed by atoms with Gasteiger partial charge in [0.05, 0.1) is 5.02 Å². The normalized spacial score (nSPS) is 10.3. The zero-order chi connectivity index (χ0) is 12.3. The van der Waals surface area contributed by atoms with Crippen molar-refractivity contribution in [2.45, 2.75) is 6.54 Å². The number of hydrogen-bond acceptors (Lipinski definition) is 2. The molecule has 0 spiro atoms. The van der Waals surface area contributed by atoms with Crippen LogP contribution >= 0.6 is 11.6 Å². The van der Waals surface area contributed by atoms with Crippen molar-refractivity contribution < 1.29 is 8.78 Å². The molecule has 5 heteroatoms. The molecular weight excluding hydrogens is 246 g/mol. The first-order chi connectivity index (χ1) is 8.16. The van der Waals surface area contributed by atoms with Crippen LogP contribution in [0.4, 0.5) is 14.6 Å². The van der Waals surface area contributed by atoms with E-state index in [0.717, 1.165) is 6.07 Å². The zero-order valence-electron chi connectivity index (χ0n) is 8.75. The van der Waals surface area contributed by atoms with Gasteiger partial charge in [-0.1, -0.05) is 17.7 Å². The van der Waals surface area contributed by atoms with E-state index in [4.69, 9.17) is 11.6 Å². The molecule has 0 amide bonds. The summed E-state index contributed by atoms with van der Waals surface area (Å²) in [6, 6.07) is 6.82. The predicted octanol–water partition coefficient (Wildman–Crippen LogP) is 3.63. The van der Waals surface area contributed by atoms with Crippen LogP contribution in [0.3, 0.4) is 0 Å². The Morgan fingerprint density at radius 2 is 2.06 bits per heavy atom. The Bertz CT molecular complexity index is 532. The first-order valence-corrected chi connectivity index (χ1v) is 5.33. The van der Waals surface area contributed by atoms with E-state index in [1.165, 1.54) is 12.1 Å². The molecule has 0 saturated heterocycles. The fraction of sp³-hybridized carbons (Fsp3) is 0.0833. The number of benzene rings is 1. The van der Waals surface area contributed by atoms with Gasteiger partial charge in [0.2, 0.25) is 0 Å². The molecule has 88 valence electrons. The smallest absolute Gasteiger partial charge is 0.145 e. The summed E-state index contributed by atoms with van der Waals surface area (Å²) in [6.45, 7) is 0.197. The van der Waals surface area contributed by atoms with Crippen LogP contribution in [0.2, 0.25) is 5.02 Å². The van der Waals surface area contributed by atoms with Crippen LogP contribution in [0.1, 0.15) is 5.56 Å². The third-order valence-electron chi connectivity index (χ3n) is 2.22. The average Bonchev–Trinajstić information content (AvgIpc) is 2.30. The molecule has 0 aliphatic rings. The molecule has 2 nitrogen and oxygen atoms in total. The predicted molar refractivity (Wildman–Crippen MR) is 62.9 cm³/mol. The Labute approximate surface area is 102 Å². The van der Waals surface area contributed by atoms with Gasteiger partial charge in [0, 0.05) is 24.4 Å². The summed E-state index contributed by atoms with van der Waals surface area (Å²) in [6.07, 6.45) is 1.58. The molecule has 0 atom stereocenters. The van der Waals surface area contributed by atoms with E-state index in [9.17, 15) is 8.78 Å². The molecule has 2 aromatic rings. The van der Waals surface area contributed by atoms with Crippen molar-refractivity contribution in [1.82, 2.24) is 4.98 Å². The van der Waals surface area contributed by atoms with Crippen molar-refractivity contribution >= 4 is 17.4 Å². The third-order valence-corrected chi connectivity index (χ3v) is 2.52. The van der Waals surface area contributed by atoms with Gasteiger partial charge in [0.25, 0.3) is 0 Å². The van der Waals surface area contributed by atoms with Gasteiger partial charge in [0.1, 0.15) is 17.5 Å². The number of anilines is 1. The lowest BCUT2D eigenvalue weighted by Gasteiger charge is -2.07. The lowest BCUT2D eigenvalue weighted by Crippen LogP contribution is -2.04. The molecule has 0 radical (unpaired) electrons. The Balaban J connectivity index is 2.10. The van der Waals surface area contributed by atoms with Gasteiger partial charge >= 0.3 is 0 Å². The highest BCUT2D eigenvalue weighted by atomic mass is 35.5. The summed E-state index contributed by atoms with van der Waals surface area (Å²) in [7, 11) is 0. The van der Waals surface area contributed by atoms with Crippen molar-refractivity contribution in [1.29, 1.82) is 0 Å². The molecule has 0 bridgehead atoms. The zero-order valence-corrected chi connectivity index (χ0v) is 9.51. The quantitative estimate of drug-likeness (QED) is 0.905. The second-order valence-corrected chi connectivity index (χ2v) is 3.83. The van der Waals surface area contributed by atoms with Crippen molar-refractivity contribution in [3.05, 3.63) is 58.7 Å². The molecule has 1 N–H and O–H groups in total. The van der Waals surface area contributed by atoms with Gasteiger partial charge in [-0.05, 0) is 18.2 Å². The van der Waals surface area contributed by atoms with E-state index >= 15 is 0 Å². The number of aromatic nitrogens is 1. The van der Waals surface area contributed by atoms with E-state index in [1.807, 2.05) is 0 Å². The summed E-state index contributed by atoms with van der Waals surface area (Å²) in [5.74, 6) is -0.718. The Kier molecular flexibility index (Phi) is 3.54. The topological polar surface area (TPSA) is 24.9 Å². The Hall–Kier alpha value is -1.68. The number of nitrogens with zero attached hydrogens (tertiary/aromatic N) is 1. The molecular formula is C12H9ClF2N2. The molecule has 2 rings (SSSR count). The fourth-order valence-corrected chi connectivity index (χ4v) is 1.55. The highest BCUT2D eigenvalue weighted by Crippen LogP contribution is 2.19. The van der Waals surface area contributed by atoms with E-state index in [2.05, 4.69) is 10.3 Å². The van der Waals surface area contributed by atoms with E-state index < -0.39 is 11.6 Å². The van der Waals surface area contributed by atoms with Crippen LogP contribution in [0.5, 0.6) is 0 Å². The molecule has 1 aromatic carbocycles. The van der Waals surface area contributed by atoms with Crippen molar-refractivity contribution in [2.24, 2.45) is 0 Å². The largest absolute Gasteiger partial charge is 0.365 e. The number of hydrogen-bond donors (Lipinski definition) is 1. The maximum Gasteiger partial charge on any atom is 0.145 e. The standard InChI is InChI=1S/C12H9ClF2N2/c13-10-2-1-5-16-12(10)17-7-8-3-4-9(14)6-11(8)15/h1-6H,7H2,(H,16,17). The second kappa shape index (κ2) is 5.10. The van der Waals surface area contributed by atoms with Gasteiger partial charge in [-0.25, -0.2) is 13.8 Å². The summed E-state index contributed by atoms with van der Waals surface area (Å²) in [4.78, 5) is 4.00. The number of halogens is 3. The van der Waals surface area contributed by atoms with Crippen LogP contribution in [0.15, 0.2) is 36.5 Å². The SMILES string of the molecule is Fc1ccc(CNc2ncccc2Cl)c(F)c1. The van der Waals surface area contributed by atoms with Crippen LogP contribution in [0, 0.1) is 11.6 Å². The molecule has 1 aromatic heterocycles. The van der Waals surface area contributed by atoms with Crippen molar-refractivity contribution in [2.75, 3.05) is 5.32 Å². The Morgan fingerprint density at radius 1 is 1.24 bits per heavy atom. The average molecular weight is 255 g/mol. The highest BCUT2D eigenvalue weighted by molar-refractivity contribution is 6.32. The van der Waals surface area contributed by atoms with Crippen molar-refractivity contribution in [3.63, 3.8) is 0 Å². The van der Waals surface area contributed by atoms with Crippen molar-refractivity contribution in [3.8, 4) is 0 Å². The minimum Gasteiger partial charge on any atom is -0.365 e. The van der Waals surface area contributed by atoms with Gasteiger partial charge in [0.15, 0.2) is 0 Å². The molecule has 0 aliphatic heterocycles. The first-order valence-electron chi connectivity index (χ1n) is 4.95. The minimum atomic E-state index is -0.595. The fourth-order valence-electron chi connectivity index (χ4n) is 1.36. The van der Waals surface area contributed by atoms with Crippen LogP contribution in [0.25, 0.3) is 0 Å². The van der Waals surface area contributed by atoms with Gasteiger partial charge in [-0.3, -0.25) is 0 Å². The first kappa shape index (κ1) is 11.8. The Morgan fingerprint density at radius 3 is 2.76 bits per heavy atom. The van der Waals surface area contributed by atoms with Crippen LogP contribution < -0.4 is 5.32 Å². The number of pyridine rings is 1. The molecule has 17 heavy (non-hydrogen) atoms. The van der Waals surface area contributed by atoms with Gasteiger partial charge in [-0.2, -0.15) is 0 Å². The lowest BCUT2D eigenvalue weighted by atomic mass is 10.2. The number of nitrogens with one attached hydrogen (secondary N) is 1. The third kappa shape index (κ3) is 2.91. The molecule has 0 saturated carbocycles. The highest BCUT2D eigenvalue weighted by Gasteiger charge is 2.05. The lowest BCUT2D eigenvalue weighted by molar-refractivity contribution is 0.574. The maximum absolute atomic E-state index is 13.3. The van der Waals surface area contributed by atoms with E-state index in [1.54, 1.807) is 18.3 Å². The van der Waals surface area contributed by atoms with Gasteiger partial charge in [-0.15, -0.1) is 0 Å².